The Bertz CT molecular complexity index is 915. The molecule has 1 N–H and O–H groups in total. The summed E-state index contributed by atoms with van der Waals surface area (Å²) in [5.41, 5.74) is 0.730. The quantitative estimate of drug-likeness (QED) is 0.415. The van der Waals surface area contributed by atoms with Crippen LogP contribution < -0.4 is 5.32 Å². The van der Waals surface area contributed by atoms with Gasteiger partial charge in [-0.3, -0.25) is 9.59 Å². The lowest BCUT2D eigenvalue weighted by Crippen LogP contribution is -2.12. The minimum Gasteiger partial charge on any atom is -0.465 e. The molecule has 0 atom stereocenters. The second-order valence-corrected chi connectivity index (χ2v) is 6.39. The van der Waals surface area contributed by atoms with Crippen LogP contribution in [0.25, 0.3) is 0 Å². The lowest BCUT2D eigenvalue weighted by Gasteiger charge is -2.08. The van der Waals surface area contributed by atoms with Gasteiger partial charge in [-0.2, -0.15) is 0 Å². The van der Waals surface area contributed by atoms with E-state index in [0.29, 0.717) is 5.56 Å². The first-order chi connectivity index (χ1) is 13.3. The lowest BCUT2D eigenvalue weighted by atomic mass is 10.1. The van der Waals surface area contributed by atoms with Crippen molar-refractivity contribution in [2.24, 2.45) is 0 Å². The number of amides is 1. The molecule has 0 aliphatic carbocycles. The molecule has 0 aromatic heterocycles. The number of benzene rings is 2. The van der Waals surface area contributed by atoms with E-state index in [9.17, 15) is 19.2 Å². The van der Waals surface area contributed by atoms with Crippen molar-refractivity contribution in [3.05, 3.63) is 75.8 Å². The van der Waals surface area contributed by atoms with Crippen LogP contribution in [0.5, 0.6) is 0 Å². The summed E-state index contributed by atoms with van der Waals surface area (Å²) in [7, 11) is 2.39. The molecule has 0 saturated carbocycles. The Morgan fingerprint density at radius 2 is 1.36 bits per heavy atom. The Balaban J connectivity index is 2.17. The summed E-state index contributed by atoms with van der Waals surface area (Å²) in [6.45, 7) is 0. The van der Waals surface area contributed by atoms with Gasteiger partial charge in [0.15, 0.2) is 5.78 Å². The number of halogens is 1. The van der Waals surface area contributed by atoms with Crippen LogP contribution in [0, 0.1) is 0 Å². The average Bonchev–Trinajstić information content (AvgIpc) is 2.70. The number of methoxy groups -OCH3 is 2. The van der Waals surface area contributed by atoms with Gasteiger partial charge in [0.1, 0.15) is 0 Å². The predicted octanol–water partition coefficient (Wildman–Crippen LogP) is 3.40. The molecule has 0 saturated heterocycles. The van der Waals surface area contributed by atoms with E-state index in [1.165, 1.54) is 32.4 Å². The van der Waals surface area contributed by atoms with Gasteiger partial charge in [0, 0.05) is 21.8 Å². The molecule has 144 valence electrons. The summed E-state index contributed by atoms with van der Waals surface area (Å²) < 4.78 is 10.1. The van der Waals surface area contributed by atoms with Gasteiger partial charge >= 0.3 is 11.9 Å². The van der Waals surface area contributed by atoms with E-state index < -0.39 is 17.8 Å². The second kappa shape index (κ2) is 9.61. The first kappa shape index (κ1) is 21.0. The number of carbonyl (C=O) groups is 4. The molecular formula is C20H16BrNO6. The number of hydrogen-bond donors (Lipinski definition) is 1. The third kappa shape index (κ3) is 5.62. The molecule has 0 unspecified atom stereocenters. The molecule has 0 spiro atoms. The number of ether oxygens (including phenoxy) is 2. The van der Waals surface area contributed by atoms with Crippen molar-refractivity contribution in [3.8, 4) is 0 Å². The maximum Gasteiger partial charge on any atom is 0.337 e. The molecule has 8 heteroatoms. The number of hydrogen-bond acceptors (Lipinski definition) is 6. The maximum atomic E-state index is 12.1. The zero-order chi connectivity index (χ0) is 20.7. The monoisotopic (exact) mass is 445 g/mol. The fourth-order valence-electron chi connectivity index (χ4n) is 2.22. The van der Waals surface area contributed by atoms with E-state index in [4.69, 9.17) is 0 Å². The first-order valence-corrected chi connectivity index (χ1v) is 8.74. The highest BCUT2D eigenvalue weighted by molar-refractivity contribution is 9.10. The SMILES string of the molecule is COC(=O)c1cc(NC(=O)/C=C/C(=O)c2ccc(Br)cc2)cc(C(=O)OC)c1. The van der Waals surface area contributed by atoms with Crippen molar-refractivity contribution < 1.29 is 28.7 Å². The third-order valence-electron chi connectivity index (χ3n) is 3.56. The van der Waals surface area contributed by atoms with Crippen molar-refractivity contribution in [2.75, 3.05) is 19.5 Å². The Kier molecular flexibility index (Phi) is 7.22. The topological polar surface area (TPSA) is 98.8 Å². The van der Waals surface area contributed by atoms with E-state index in [1.54, 1.807) is 24.3 Å². The predicted molar refractivity (Wildman–Crippen MR) is 105 cm³/mol. The Hall–Kier alpha value is -3.26. The molecule has 0 bridgehead atoms. The van der Waals surface area contributed by atoms with Crippen molar-refractivity contribution in [3.63, 3.8) is 0 Å². The smallest absolute Gasteiger partial charge is 0.337 e. The molecule has 2 aromatic rings. The zero-order valence-corrected chi connectivity index (χ0v) is 16.6. The average molecular weight is 446 g/mol. The summed E-state index contributed by atoms with van der Waals surface area (Å²) in [5, 5.41) is 2.50. The van der Waals surface area contributed by atoms with Crippen LogP contribution >= 0.6 is 15.9 Å². The van der Waals surface area contributed by atoms with Crippen molar-refractivity contribution in [1.82, 2.24) is 0 Å². The molecule has 1 amide bonds. The molecule has 0 radical (unpaired) electrons. The lowest BCUT2D eigenvalue weighted by molar-refractivity contribution is -0.111. The summed E-state index contributed by atoms with van der Waals surface area (Å²) in [6.07, 6.45) is 2.19. The van der Waals surface area contributed by atoms with Gasteiger partial charge in [0.25, 0.3) is 0 Å². The largest absolute Gasteiger partial charge is 0.465 e. The van der Waals surface area contributed by atoms with Crippen molar-refractivity contribution >= 4 is 45.2 Å². The normalized spacial score (nSPS) is 10.4. The van der Waals surface area contributed by atoms with Gasteiger partial charge < -0.3 is 14.8 Å². The Morgan fingerprint density at radius 1 is 0.821 bits per heavy atom. The highest BCUT2D eigenvalue weighted by atomic mass is 79.9. The fourth-order valence-corrected chi connectivity index (χ4v) is 2.48. The molecular weight excluding hydrogens is 430 g/mol. The van der Waals surface area contributed by atoms with Gasteiger partial charge in [0.05, 0.1) is 25.3 Å². The van der Waals surface area contributed by atoms with Gasteiger partial charge in [-0.1, -0.05) is 15.9 Å². The van der Waals surface area contributed by atoms with E-state index in [2.05, 4.69) is 30.7 Å². The molecule has 7 nitrogen and oxygen atoms in total. The minimum atomic E-state index is -0.679. The van der Waals surface area contributed by atoms with Crippen LogP contribution in [0.15, 0.2) is 59.1 Å². The standard InChI is InChI=1S/C20H16BrNO6/c1-27-19(25)13-9-14(20(26)28-2)11-16(10-13)22-18(24)8-7-17(23)12-3-5-15(21)6-4-12/h3-11H,1-2H3,(H,22,24)/b8-7+. The van der Waals surface area contributed by atoms with Gasteiger partial charge in [-0.25, -0.2) is 9.59 Å². The second-order valence-electron chi connectivity index (χ2n) is 5.48. The number of carbonyl (C=O) groups excluding carboxylic acids is 4. The van der Waals surface area contributed by atoms with Crippen molar-refractivity contribution in [2.45, 2.75) is 0 Å². The molecule has 0 heterocycles. The maximum absolute atomic E-state index is 12.1. The number of allylic oxidation sites excluding steroid dienone is 1. The summed E-state index contributed by atoms with van der Waals surface area (Å²) in [4.78, 5) is 47.7. The molecule has 0 aliphatic rings. The first-order valence-electron chi connectivity index (χ1n) is 7.94. The van der Waals surface area contributed by atoms with Gasteiger partial charge in [-0.15, -0.1) is 0 Å². The molecule has 28 heavy (non-hydrogen) atoms. The van der Waals surface area contributed by atoms with Crippen LogP contribution in [0.2, 0.25) is 0 Å². The number of ketones is 1. The zero-order valence-electron chi connectivity index (χ0n) is 15.0. The molecule has 2 aromatic carbocycles. The molecule has 2 rings (SSSR count). The fraction of sp³-hybridized carbons (Fsp3) is 0.100. The molecule has 0 fully saturated rings. The van der Waals surface area contributed by atoms with Gasteiger partial charge in [0.2, 0.25) is 5.91 Å². The summed E-state index contributed by atoms with van der Waals surface area (Å²) in [5.74, 6) is -2.31. The highest BCUT2D eigenvalue weighted by Gasteiger charge is 2.14. The van der Waals surface area contributed by atoms with Crippen LogP contribution in [0.3, 0.4) is 0 Å². The molecule has 0 aliphatic heterocycles. The van der Waals surface area contributed by atoms with E-state index in [-0.39, 0.29) is 22.6 Å². The summed E-state index contributed by atoms with van der Waals surface area (Å²) >= 11 is 3.28. The van der Waals surface area contributed by atoms with E-state index in [0.717, 1.165) is 16.6 Å². The minimum absolute atomic E-state index is 0.0654. The highest BCUT2D eigenvalue weighted by Crippen LogP contribution is 2.17. The van der Waals surface area contributed by atoms with E-state index >= 15 is 0 Å². The third-order valence-corrected chi connectivity index (χ3v) is 4.09. The number of nitrogens with one attached hydrogen (secondary N) is 1. The Morgan fingerprint density at radius 3 is 1.86 bits per heavy atom. The number of anilines is 1. The summed E-state index contributed by atoms with van der Waals surface area (Å²) in [6, 6.07) is 10.7. The van der Waals surface area contributed by atoms with Crippen LogP contribution in [-0.2, 0) is 14.3 Å². The number of rotatable bonds is 6. The van der Waals surface area contributed by atoms with Crippen LogP contribution in [0.4, 0.5) is 5.69 Å². The number of esters is 2. The van der Waals surface area contributed by atoms with Crippen molar-refractivity contribution in [1.29, 1.82) is 0 Å². The van der Waals surface area contributed by atoms with E-state index in [1.807, 2.05) is 0 Å². The van der Waals surface area contributed by atoms with Gasteiger partial charge in [-0.05, 0) is 48.5 Å². The Labute approximate surface area is 169 Å². The van der Waals surface area contributed by atoms with Crippen LogP contribution in [-0.4, -0.2) is 37.8 Å². The van der Waals surface area contributed by atoms with Crippen LogP contribution in [0.1, 0.15) is 31.1 Å².